The van der Waals surface area contributed by atoms with Gasteiger partial charge in [0.1, 0.15) is 0 Å². The third-order valence-corrected chi connectivity index (χ3v) is 4.95. The lowest BCUT2D eigenvalue weighted by atomic mass is 10.0. The number of rotatable bonds is 6. The molecule has 0 saturated carbocycles. The summed E-state index contributed by atoms with van der Waals surface area (Å²) in [6.45, 7) is 9.25. The number of anilines is 2. The number of nitrogens with zero attached hydrogens (tertiary/aromatic N) is 2. The van der Waals surface area contributed by atoms with Crippen LogP contribution in [0.2, 0.25) is 0 Å². The summed E-state index contributed by atoms with van der Waals surface area (Å²) in [7, 11) is 0. The summed E-state index contributed by atoms with van der Waals surface area (Å²) in [5, 5.41) is 0. The lowest BCUT2D eigenvalue weighted by Crippen LogP contribution is -2.42. The van der Waals surface area contributed by atoms with Crippen LogP contribution in [0.15, 0.2) is 18.2 Å². The van der Waals surface area contributed by atoms with Crippen molar-refractivity contribution in [1.29, 1.82) is 0 Å². The van der Waals surface area contributed by atoms with Crippen LogP contribution in [-0.4, -0.2) is 36.5 Å². The molecule has 0 radical (unpaired) electrons. The van der Waals surface area contributed by atoms with Gasteiger partial charge in [0.2, 0.25) is 5.91 Å². The monoisotopic (exact) mass is 317 g/mol. The molecule has 1 saturated heterocycles. The first-order chi connectivity index (χ1) is 11.1. The van der Waals surface area contributed by atoms with Gasteiger partial charge < -0.3 is 15.5 Å². The van der Waals surface area contributed by atoms with Gasteiger partial charge in [-0.1, -0.05) is 6.07 Å². The largest absolute Gasteiger partial charge is 0.397 e. The summed E-state index contributed by atoms with van der Waals surface area (Å²) in [5.74, 6) is 0.281. The molecule has 1 atom stereocenters. The van der Waals surface area contributed by atoms with E-state index in [1.807, 2.05) is 6.07 Å². The Morgan fingerprint density at radius 2 is 2.04 bits per heavy atom. The van der Waals surface area contributed by atoms with E-state index in [4.69, 9.17) is 5.73 Å². The van der Waals surface area contributed by atoms with Crippen LogP contribution in [0.3, 0.4) is 0 Å². The van der Waals surface area contributed by atoms with Crippen molar-refractivity contribution in [3.63, 3.8) is 0 Å². The summed E-state index contributed by atoms with van der Waals surface area (Å²) in [6.07, 6.45) is 4.87. The van der Waals surface area contributed by atoms with E-state index < -0.39 is 0 Å². The van der Waals surface area contributed by atoms with E-state index in [2.05, 4.69) is 42.7 Å². The molecule has 4 nitrogen and oxygen atoms in total. The molecule has 23 heavy (non-hydrogen) atoms. The van der Waals surface area contributed by atoms with Crippen LogP contribution in [0.4, 0.5) is 11.4 Å². The van der Waals surface area contributed by atoms with Crippen molar-refractivity contribution < 1.29 is 4.79 Å². The number of nitrogen functional groups attached to an aromatic ring is 1. The highest BCUT2D eigenvalue weighted by atomic mass is 16.2. The van der Waals surface area contributed by atoms with Crippen molar-refractivity contribution in [3.8, 4) is 0 Å². The van der Waals surface area contributed by atoms with Crippen LogP contribution >= 0.6 is 0 Å². The van der Waals surface area contributed by atoms with Gasteiger partial charge in [-0.05, 0) is 64.2 Å². The summed E-state index contributed by atoms with van der Waals surface area (Å²) in [4.78, 5) is 16.7. The zero-order valence-corrected chi connectivity index (χ0v) is 14.8. The number of aryl methyl sites for hydroxylation is 1. The summed E-state index contributed by atoms with van der Waals surface area (Å²) >= 11 is 0. The van der Waals surface area contributed by atoms with Gasteiger partial charge in [-0.3, -0.25) is 4.79 Å². The van der Waals surface area contributed by atoms with E-state index in [1.165, 1.54) is 6.42 Å². The molecule has 1 unspecified atom stereocenters. The molecule has 2 N–H and O–H groups in total. The summed E-state index contributed by atoms with van der Waals surface area (Å²) < 4.78 is 0. The van der Waals surface area contributed by atoms with Crippen LogP contribution in [0.1, 0.15) is 52.0 Å². The number of hydrogen-bond donors (Lipinski definition) is 1. The molecule has 1 heterocycles. The molecule has 0 aromatic heterocycles. The SMILES string of the molecule is CCN(CC)c1ccc(CCC(=O)N2CCCCC2C)cc1N. The van der Waals surface area contributed by atoms with Crippen molar-refractivity contribution in [2.45, 2.75) is 58.9 Å². The number of nitrogens with two attached hydrogens (primary N) is 1. The molecule has 1 fully saturated rings. The number of amides is 1. The molecule has 1 aromatic carbocycles. The first kappa shape index (κ1) is 17.6. The Bertz CT molecular complexity index is 525. The molecule has 2 rings (SSSR count). The highest BCUT2D eigenvalue weighted by molar-refractivity contribution is 5.77. The van der Waals surface area contributed by atoms with Gasteiger partial charge in [-0.25, -0.2) is 0 Å². The van der Waals surface area contributed by atoms with Gasteiger partial charge in [-0.2, -0.15) is 0 Å². The molecule has 0 spiro atoms. The second-order valence-electron chi connectivity index (χ2n) is 6.50. The topological polar surface area (TPSA) is 49.6 Å². The van der Waals surface area contributed by atoms with Crippen molar-refractivity contribution in [2.24, 2.45) is 0 Å². The third-order valence-electron chi connectivity index (χ3n) is 4.95. The van der Waals surface area contributed by atoms with Crippen molar-refractivity contribution >= 4 is 17.3 Å². The van der Waals surface area contributed by atoms with Crippen LogP contribution in [0.5, 0.6) is 0 Å². The molecule has 1 aliphatic heterocycles. The number of hydrogen-bond acceptors (Lipinski definition) is 3. The van der Waals surface area contributed by atoms with E-state index in [9.17, 15) is 4.79 Å². The molecule has 4 heteroatoms. The Balaban J connectivity index is 1.95. The molecular formula is C19H31N3O. The van der Waals surface area contributed by atoms with E-state index in [0.717, 1.165) is 55.8 Å². The van der Waals surface area contributed by atoms with Gasteiger partial charge in [-0.15, -0.1) is 0 Å². The highest BCUT2D eigenvalue weighted by Crippen LogP contribution is 2.25. The second-order valence-corrected chi connectivity index (χ2v) is 6.50. The maximum Gasteiger partial charge on any atom is 0.223 e. The first-order valence-corrected chi connectivity index (χ1v) is 8.99. The molecule has 0 bridgehead atoms. The fraction of sp³-hybridized carbons (Fsp3) is 0.632. The van der Waals surface area contributed by atoms with Crippen molar-refractivity contribution in [3.05, 3.63) is 23.8 Å². The maximum atomic E-state index is 12.4. The Morgan fingerprint density at radius 3 is 2.65 bits per heavy atom. The Labute approximate surface area is 140 Å². The molecule has 1 aliphatic rings. The number of piperidine rings is 1. The maximum absolute atomic E-state index is 12.4. The quantitative estimate of drug-likeness (QED) is 0.818. The van der Waals surface area contributed by atoms with E-state index in [-0.39, 0.29) is 5.91 Å². The van der Waals surface area contributed by atoms with E-state index in [0.29, 0.717) is 12.5 Å². The average molecular weight is 317 g/mol. The normalized spacial score (nSPS) is 18.0. The van der Waals surface area contributed by atoms with Crippen LogP contribution in [0.25, 0.3) is 0 Å². The summed E-state index contributed by atoms with van der Waals surface area (Å²) in [6, 6.07) is 6.62. The highest BCUT2D eigenvalue weighted by Gasteiger charge is 2.22. The van der Waals surface area contributed by atoms with E-state index >= 15 is 0 Å². The predicted molar refractivity (Wildman–Crippen MR) is 97.8 cm³/mol. The molecular weight excluding hydrogens is 286 g/mol. The fourth-order valence-electron chi connectivity index (χ4n) is 3.48. The first-order valence-electron chi connectivity index (χ1n) is 8.99. The summed E-state index contributed by atoms with van der Waals surface area (Å²) in [5.41, 5.74) is 9.26. The number of carbonyl (C=O) groups excluding carboxylic acids is 1. The Kier molecular flexibility index (Phi) is 6.31. The smallest absolute Gasteiger partial charge is 0.223 e. The lowest BCUT2D eigenvalue weighted by molar-refractivity contribution is -0.134. The van der Waals surface area contributed by atoms with Gasteiger partial charge in [0.25, 0.3) is 0 Å². The van der Waals surface area contributed by atoms with Gasteiger partial charge in [0.05, 0.1) is 11.4 Å². The minimum absolute atomic E-state index is 0.281. The number of benzene rings is 1. The van der Waals surface area contributed by atoms with Crippen LogP contribution < -0.4 is 10.6 Å². The van der Waals surface area contributed by atoms with Gasteiger partial charge in [0.15, 0.2) is 0 Å². The minimum atomic E-state index is 0.281. The van der Waals surface area contributed by atoms with Gasteiger partial charge >= 0.3 is 0 Å². The number of likely N-dealkylation sites (tertiary alicyclic amines) is 1. The molecule has 1 aromatic rings. The third kappa shape index (κ3) is 4.40. The lowest BCUT2D eigenvalue weighted by Gasteiger charge is -2.33. The van der Waals surface area contributed by atoms with Crippen molar-refractivity contribution in [1.82, 2.24) is 4.90 Å². The molecule has 128 valence electrons. The zero-order chi connectivity index (χ0) is 16.8. The van der Waals surface area contributed by atoms with Crippen molar-refractivity contribution in [2.75, 3.05) is 30.3 Å². The Hall–Kier alpha value is -1.71. The standard InChI is InChI=1S/C19H31N3O/c1-4-21(5-2)18-11-9-16(14-17(18)20)10-12-19(23)22-13-7-6-8-15(22)3/h9,11,14-15H,4-8,10,12-13,20H2,1-3H3. The molecule has 0 aliphatic carbocycles. The van der Waals surface area contributed by atoms with E-state index in [1.54, 1.807) is 0 Å². The molecule has 1 amide bonds. The number of carbonyl (C=O) groups is 1. The van der Waals surface area contributed by atoms with Crippen LogP contribution in [-0.2, 0) is 11.2 Å². The minimum Gasteiger partial charge on any atom is -0.397 e. The second kappa shape index (κ2) is 8.23. The van der Waals surface area contributed by atoms with Gasteiger partial charge in [0, 0.05) is 32.1 Å². The Morgan fingerprint density at radius 1 is 1.30 bits per heavy atom. The van der Waals surface area contributed by atoms with Crippen LogP contribution in [0, 0.1) is 0 Å². The average Bonchev–Trinajstić information content (AvgIpc) is 2.56. The fourth-order valence-corrected chi connectivity index (χ4v) is 3.48. The zero-order valence-electron chi connectivity index (χ0n) is 14.8. The predicted octanol–water partition coefficient (Wildman–Crippen LogP) is 3.45.